The number of anilines is 2. The van der Waals surface area contributed by atoms with Crippen LogP contribution in [0.4, 0.5) is 32.3 Å². The lowest BCUT2D eigenvalue weighted by Crippen LogP contribution is -2.17. The van der Waals surface area contributed by atoms with Gasteiger partial charge in [0.15, 0.2) is 0 Å². The van der Waals surface area contributed by atoms with Crippen molar-refractivity contribution in [2.45, 2.75) is 98.9 Å². The molecule has 24 nitrogen and oxygen atoms in total. The van der Waals surface area contributed by atoms with Crippen LogP contribution >= 0.6 is 0 Å². The highest BCUT2D eigenvalue weighted by atomic mass is 17.2. The molecule has 0 aliphatic rings. The molecule has 4 rings (SSSR count). The minimum absolute atomic E-state index is 0. The molecule has 0 spiro atoms. The third-order valence-corrected chi connectivity index (χ3v) is 8.40. The highest BCUT2D eigenvalue weighted by Gasteiger charge is 2.14. The summed E-state index contributed by atoms with van der Waals surface area (Å²) in [6.07, 6.45) is 2.99. The molecule has 4 aromatic rings. The van der Waals surface area contributed by atoms with Crippen LogP contribution in [-0.2, 0) is 67.1 Å². The molecule has 80 heavy (non-hydrogen) atoms. The normalized spacial score (nSPS) is 8.93. The Morgan fingerprint density at radius 3 is 0.875 bits per heavy atom. The number of nitrogens with one attached hydrogen (secondary N) is 2. The lowest BCUT2D eigenvalue weighted by molar-refractivity contribution is -0.275. The molecule has 0 bridgehead atoms. The van der Waals surface area contributed by atoms with Crippen molar-refractivity contribution in [1.82, 2.24) is 0 Å². The topological polar surface area (TPSA) is 312 Å². The molecule has 0 saturated heterocycles. The van der Waals surface area contributed by atoms with E-state index in [1.807, 2.05) is 13.8 Å². The van der Waals surface area contributed by atoms with Gasteiger partial charge in [0.05, 0.1) is 33.6 Å². The number of rotatable bonds is 26. The van der Waals surface area contributed by atoms with Crippen molar-refractivity contribution in [3.63, 3.8) is 0 Å². The molecule has 24 heteroatoms. The highest BCUT2D eigenvalue weighted by Crippen LogP contribution is 2.16. The van der Waals surface area contributed by atoms with E-state index >= 15 is 0 Å². The Kier molecular flexibility index (Phi) is 49.7. The molecule has 2 N–H and O–H groups in total. The number of aliphatic imine (C=N–C) groups is 2. The molecule has 0 aromatic heterocycles. The van der Waals surface area contributed by atoms with Crippen LogP contribution in [-0.4, -0.2) is 113 Å². The maximum Gasteiger partial charge on any atom is 0.411 e. The predicted octanol–water partition coefficient (Wildman–Crippen LogP) is 12.1. The summed E-state index contributed by atoms with van der Waals surface area (Å²) in [6.45, 7) is 2.47. The summed E-state index contributed by atoms with van der Waals surface area (Å²) >= 11 is 0. The Hall–Kier alpha value is -9.08. The van der Waals surface area contributed by atoms with Crippen LogP contribution in [0.3, 0.4) is 0 Å². The van der Waals surface area contributed by atoms with Gasteiger partial charge in [-0.25, -0.2) is 47.9 Å². The van der Waals surface area contributed by atoms with E-state index in [0.717, 1.165) is 0 Å². The van der Waals surface area contributed by atoms with Crippen molar-refractivity contribution >= 4 is 82.9 Å². The van der Waals surface area contributed by atoms with Crippen LogP contribution in [0.1, 0.15) is 140 Å². The fourth-order valence-corrected chi connectivity index (χ4v) is 5.05. The third kappa shape index (κ3) is 33.8. The van der Waals surface area contributed by atoms with Crippen molar-refractivity contribution in [2.75, 3.05) is 63.5 Å². The minimum atomic E-state index is -0.762. The van der Waals surface area contributed by atoms with E-state index in [0.29, 0.717) is 35.6 Å². The summed E-state index contributed by atoms with van der Waals surface area (Å²) in [5, 5.41) is 4.92. The number of carbonyl (C=O) groups is 8. The predicted molar refractivity (Wildman–Crippen MR) is 300 cm³/mol. The summed E-state index contributed by atoms with van der Waals surface area (Å²) in [4.78, 5) is 139. The molecule has 0 heterocycles. The second-order valence-corrected chi connectivity index (χ2v) is 13.8. The van der Waals surface area contributed by atoms with Crippen LogP contribution in [0, 0.1) is 0 Å². The molecule has 0 aliphatic carbocycles. The number of esters is 4. The van der Waals surface area contributed by atoms with Gasteiger partial charge < -0.3 is 28.4 Å². The van der Waals surface area contributed by atoms with E-state index in [1.165, 1.54) is 109 Å². The monoisotopic (exact) mass is 1130 g/mol. The molecule has 0 atom stereocenters. The molecule has 0 unspecified atom stereocenters. The Bertz CT molecular complexity index is 2330. The standard InChI is InChI=1S/2C24H24N2O10.8CH4/c2*1-2-3-21(28)36-35-15-14-34-24(31)26-20-10-6-18(7-11-20)23(30)33-13-12-32-22(29)17-4-8-19(9-5-17)25-16-27;;;;;;;;/h2*4-11H,2-3,12-15H2,1H3,(H,26,31);8*1H4. The minimum Gasteiger partial charge on any atom is -0.458 e. The summed E-state index contributed by atoms with van der Waals surface area (Å²) in [5.41, 5.74) is 2.36. The lowest BCUT2D eigenvalue weighted by Gasteiger charge is -2.09. The molecule has 0 fully saturated rings. The average Bonchev–Trinajstić information content (AvgIpc) is 3.37. The smallest absolute Gasteiger partial charge is 0.411 e. The van der Waals surface area contributed by atoms with E-state index in [1.54, 1.807) is 0 Å². The summed E-state index contributed by atoms with van der Waals surface area (Å²) in [5.74, 6) is -3.55. The molecule has 444 valence electrons. The van der Waals surface area contributed by atoms with Gasteiger partial charge in [0.1, 0.15) is 52.9 Å². The summed E-state index contributed by atoms with van der Waals surface area (Å²) in [7, 11) is 0. The van der Waals surface area contributed by atoms with Crippen LogP contribution in [0.25, 0.3) is 0 Å². The van der Waals surface area contributed by atoms with Crippen molar-refractivity contribution in [3.05, 3.63) is 119 Å². The zero-order valence-electron chi connectivity index (χ0n) is 38.8. The fraction of sp³-hybridized carbons (Fsp3) is 0.393. The largest absolute Gasteiger partial charge is 0.458 e. The van der Waals surface area contributed by atoms with Gasteiger partial charge in [-0.1, -0.05) is 73.3 Å². The summed E-state index contributed by atoms with van der Waals surface area (Å²) in [6, 6.07) is 23.2. The van der Waals surface area contributed by atoms with E-state index in [9.17, 15) is 47.9 Å². The van der Waals surface area contributed by atoms with Gasteiger partial charge in [-0.2, -0.15) is 19.8 Å². The first-order valence-corrected chi connectivity index (χ1v) is 21.6. The van der Waals surface area contributed by atoms with Crippen LogP contribution in [0.15, 0.2) is 107 Å². The quantitative estimate of drug-likeness (QED) is 0.0112. The highest BCUT2D eigenvalue weighted by molar-refractivity contribution is 5.93. The lowest BCUT2D eigenvalue weighted by atomic mass is 10.2. The number of isocyanates is 2. The summed E-state index contributed by atoms with van der Waals surface area (Å²) < 4.78 is 29.9. The van der Waals surface area contributed by atoms with E-state index in [2.05, 4.69) is 40.2 Å². The number of nitrogens with zero attached hydrogens (tertiary/aromatic N) is 2. The number of ether oxygens (including phenoxy) is 6. The Balaban J connectivity index is -0.000000311. The molecule has 4 aromatic carbocycles. The van der Waals surface area contributed by atoms with Gasteiger partial charge in [-0.3, -0.25) is 20.4 Å². The van der Waals surface area contributed by atoms with Crippen LogP contribution < -0.4 is 10.6 Å². The first-order chi connectivity index (χ1) is 34.8. The van der Waals surface area contributed by atoms with Gasteiger partial charge >= 0.3 is 48.0 Å². The van der Waals surface area contributed by atoms with Crippen LogP contribution in [0.5, 0.6) is 0 Å². The van der Waals surface area contributed by atoms with Crippen LogP contribution in [0.2, 0.25) is 0 Å². The Labute approximate surface area is 469 Å². The van der Waals surface area contributed by atoms with Crippen molar-refractivity contribution < 1.29 is 95.9 Å². The number of benzene rings is 4. The molecule has 0 saturated carbocycles. The van der Waals surface area contributed by atoms with Gasteiger partial charge in [-0.15, -0.1) is 0 Å². The Morgan fingerprint density at radius 1 is 0.375 bits per heavy atom. The van der Waals surface area contributed by atoms with E-state index < -0.39 is 48.0 Å². The number of hydrogen-bond acceptors (Lipinski definition) is 22. The zero-order valence-corrected chi connectivity index (χ0v) is 38.8. The second-order valence-electron chi connectivity index (χ2n) is 13.8. The first-order valence-electron chi connectivity index (χ1n) is 21.6. The average molecular weight is 1130 g/mol. The van der Waals surface area contributed by atoms with Crippen molar-refractivity contribution in [1.29, 1.82) is 0 Å². The fourth-order valence-electron chi connectivity index (χ4n) is 5.05. The van der Waals surface area contributed by atoms with Crippen molar-refractivity contribution in [3.8, 4) is 0 Å². The van der Waals surface area contributed by atoms with E-state index in [4.69, 9.17) is 28.4 Å². The van der Waals surface area contributed by atoms with E-state index in [-0.39, 0.29) is 147 Å². The number of amides is 2. The molecular weight excluding hydrogens is 1050 g/mol. The van der Waals surface area contributed by atoms with Gasteiger partial charge in [0, 0.05) is 24.2 Å². The molecule has 0 aliphatic heterocycles. The zero-order chi connectivity index (χ0) is 52.4. The Morgan fingerprint density at radius 2 is 0.625 bits per heavy atom. The van der Waals surface area contributed by atoms with Gasteiger partial charge in [0.2, 0.25) is 12.2 Å². The number of hydrogen-bond donors (Lipinski definition) is 2. The maximum absolute atomic E-state index is 12.1. The number of carbonyl (C=O) groups excluding carboxylic acids is 10. The first kappa shape index (κ1) is 82.3. The van der Waals surface area contributed by atoms with Gasteiger partial charge in [-0.05, 0) is 110 Å². The SMILES string of the molecule is C.C.C.C.C.C.C.C.CCCC(=O)OOCCOC(=O)Nc1ccc(C(=O)OCCOC(=O)c2ccc(N=C=O)cc2)cc1.CCCC(=O)OOCCOC(=O)Nc1ccc(C(=O)OCCOC(=O)c2ccc(N=C=O)cc2)cc1. The molecule has 2 amide bonds. The maximum atomic E-state index is 12.1. The third-order valence-electron chi connectivity index (χ3n) is 8.40. The second kappa shape index (κ2) is 48.3. The molecular formula is C56H80N4O20. The van der Waals surface area contributed by atoms with Crippen molar-refractivity contribution in [2.24, 2.45) is 9.98 Å². The van der Waals surface area contributed by atoms with Gasteiger partial charge in [0.25, 0.3) is 0 Å². The molecule has 0 radical (unpaired) electrons.